The Kier molecular flexibility index (Phi) is 7.14. The maximum atomic E-state index is 12.9. The molecular weight excluding hydrogens is 377 g/mol. The van der Waals surface area contributed by atoms with Gasteiger partial charge in [0.2, 0.25) is 15.9 Å². The maximum absolute atomic E-state index is 12.9. The van der Waals surface area contributed by atoms with Crippen molar-refractivity contribution < 1.29 is 17.4 Å². The molecule has 0 amide bonds. The highest BCUT2D eigenvalue weighted by molar-refractivity contribution is 7.89. The van der Waals surface area contributed by atoms with Crippen molar-refractivity contribution in [2.75, 3.05) is 20.1 Å². The monoisotopic (exact) mass is 398 g/mol. The SMILES string of the molecule is CC(NCc1ccccc1Cl)=[N+](C)CCNS(=O)(=O)c1ccc(F)cc1. The normalized spacial score (nSPS) is 12.6. The van der Waals surface area contributed by atoms with Crippen molar-refractivity contribution in [3.63, 3.8) is 0 Å². The molecule has 0 bridgehead atoms. The summed E-state index contributed by atoms with van der Waals surface area (Å²) in [6, 6.07) is 12.3. The van der Waals surface area contributed by atoms with Crippen LogP contribution in [0.15, 0.2) is 53.4 Å². The van der Waals surface area contributed by atoms with Crippen LogP contribution in [0.4, 0.5) is 4.39 Å². The third kappa shape index (κ3) is 5.79. The molecule has 0 saturated heterocycles. The summed E-state index contributed by atoms with van der Waals surface area (Å²) in [5.74, 6) is 0.421. The largest absolute Gasteiger partial charge is 0.274 e. The highest BCUT2D eigenvalue weighted by Crippen LogP contribution is 2.14. The molecule has 0 radical (unpaired) electrons. The maximum Gasteiger partial charge on any atom is 0.241 e. The van der Waals surface area contributed by atoms with Gasteiger partial charge in [0.15, 0.2) is 0 Å². The second kappa shape index (κ2) is 9.12. The predicted octanol–water partition coefficient (Wildman–Crippen LogP) is 2.61. The van der Waals surface area contributed by atoms with Crippen molar-refractivity contribution in [3.05, 3.63) is 64.9 Å². The summed E-state index contributed by atoms with van der Waals surface area (Å²) < 4.78 is 41.6. The highest BCUT2D eigenvalue weighted by Gasteiger charge is 2.14. The van der Waals surface area contributed by atoms with Crippen LogP contribution in [0.25, 0.3) is 0 Å². The number of nitrogens with one attached hydrogen (secondary N) is 2. The fourth-order valence-electron chi connectivity index (χ4n) is 2.21. The van der Waals surface area contributed by atoms with Crippen LogP contribution in [0.1, 0.15) is 12.5 Å². The fraction of sp³-hybridized carbons (Fsp3) is 0.278. The van der Waals surface area contributed by atoms with Gasteiger partial charge < -0.3 is 0 Å². The standard InChI is InChI=1S/C18H21ClFN3O2S/c1-14(21-13-15-5-3-4-6-18(15)19)23(2)12-11-22-26(24,25)17-9-7-16(20)8-10-17/h3-10,22H,11-13H2,1-2H3/p+1. The van der Waals surface area contributed by atoms with Crippen molar-refractivity contribution in [2.24, 2.45) is 0 Å². The molecule has 0 aliphatic heterocycles. The van der Waals surface area contributed by atoms with Gasteiger partial charge in [-0.15, -0.1) is 0 Å². The van der Waals surface area contributed by atoms with E-state index in [1.165, 1.54) is 12.1 Å². The number of amidine groups is 1. The highest BCUT2D eigenvalue weighted by atomic mass is 35.5. The molecule has 2 aromatic carbocycles. The molecule has 5 nitrogen and oxygen atoms in total. The summed E-state index contributed by atoms with van der Waals surface area (Å²) in [4.78, 5) is 0.0408. The van der Waals surface area contributed by atoms with E-state index in [0.717, 1.165) is 23.5 Å². The lowest BCUT2D eigenvalue weighted by atomic mass is 10.2. The topological polar surface area (TPSA) is 61.2 Å². The van der Waals surface area contributed by atoms with E-state index in [4.69, 9.17) is 11.6 Å². The zero-order chi connectivity index (χ0) is 19.2. The Balaban J connectivity index is 1.88. The van der Waals surface area contributed by atoms with Gasteiger partial charge in [-0.3, -0.25) is 9.89 Å². The Morgan fingerprint density at radius 1 is 1.15 bits per heavy atom. The third-order valence-corrected chi connectivity index (χ3v) is 5.77. The van der Waals surface area contributed by atoms with E-state index in [-0.39, 0.29) is 11.4 Å². The number of hydrogen-bond acceptors (Lipinski definition) is 2. The summed E-state index contributed by atoms with van der Waals surface area (Å²) in [5.41, 5.74) is 0.985. The van der Waals surface area contributed by atoms with Gasteiger partial charge in [0.05, 0.1) is 18.5 Å². The van der Waals surface area contributed by atoms with Crippen molar-refractivity contribution in [1.82, 2.24) is 10.0 Å². The number of sulfonamides is 1. The average molecular weight is 399 g/mol. The van der Waals surface area contributed by atoms with E-state index < -0.39 is 15.8 Å². The van der Waals surface area contributed by atoms with Gasteiger partial charge in [0.1, 0.15) is 12.4 Å². The quantitative estimate of drug-likeness (QED) is 0.428. The molecule has 2 N–H and O–H groups in total. The second-order valence-electron chi connectivity index (χ2n) is 5.80. The molecule has 0 spiro atoms. The first-order valence-electron chi connectivity index (χ1n) is 8.07. The van der Waals surface area contributed by atoms with E-state index in [0.29, 0.717) is 18.1 Å². The fourth-order valence-corrected chi connectivity index (χ4v) is 3.44. The Hall–Kier alpha value is -1.96. The van der Waals surface area contributed by atoms with Gasteiger partial charge in [-0.2, -0.15) is 0 Å². The molecule has 0 aliphatic rings. The molecule has 0 aliphatic carbocycles. The summed E-state index contributed by atoms with van der Waals surface area (Å²) >= 11 is 6.13. The molecule has 26 heavy (non-hydrogen) atoms. The van der Waals surface area contributed by atoms with Crippen LogP contribution in [-0.4, -0.2) is 39.0 Å². The van der Waals surface area contributed by atoms with Crippen LogP contribution in [0, 0.1) is 5.82 Å². The van der Waals surface area contributed by atoms with Gasteiger partial charge >= 0.3 is 0 Å². The molecule has 2 rings (SSSR count). The minimum absolute atomic E-state index is 0.0408. The third-order valence-electron chi connectivity index (χ3n) is 3.93. The summed E-state index contributed by atoms with van der Waals surface area (Å²) in [6.45, 7) is 3.19. The predicted molar refractivity (Wildman–Crippen MR) is 102 cm³/mol. The number of nitrogens with zero attached hydrogens (tertiary/aromatic N) is 1. The van der Waals surface area contributed by atoms with E-state index in [9.17, 15) is 12.8 Å². The first-order chi connectivity index (χ1) is 12.3. The molecule has 140 valence electrons. The van der Waals surface area contributed by atoms with Crippen LogP contribution in [0.3, 0.4) is 0 Å². The summed E-state index contributed by atoms with van der Waals surface area (Å²) in [6.07, 6.45) is 0. The molecule has 2 aromatic rings. The van der Waals surface area contributed by atoms with E-state index >= 15 is 0 Å². The van der Waals surface area contributed by atoms with E-state index in [1.807, 2.05) is 42.8 Å². The molecule has 0 unspecified atom stereocenters. The number of benzene rings is 2. The zero-order valence-corrected chi connectivity index (χ0v) is 16.2. The van der Waals surface area contributed by atoms with Crippen molar-refractivity contribution in [3.8, 4) is 0 Å². The summed E-state index contributed by atoms with van der Waals surface area (Å²) in [7, 11) is -1.79. The molecular formula is C18H22ClFN3O2S+. The van der Waals surface area contributed by atoms with E-state index in [2.05, 4.69) is 10.0 Å². The van der Waals surface area contributed by atoms with Crippen molar-refractivity contribution >= 4 is 27.5 Å². The Morgan fingerprint density at radius 3 is 2.46 bits per heavy atom. The van der Waals surface area contributed by atoms with Crippen LogP contribution < -0.4 is 10.0 Å². The molecule has 0 fully saturated rings. The van der Waals surface area contributed by atoms with Crippen LogP contribution >= 0.6 is 11.6 Å². The Labute approximate surface area is 158 Å². The second-order valence-corrected chi connectivity index (χ2v) is 7.98. The minimum atomic E-state index is -3.65. The molecule has 0 atom stereocenters. The lowest BCUT2D eigenvalue weighted by Crippen LogP contribution is -2.35. The lowest BCUT2D eigenvalue weighted by molar-refractivity contribution is -0.497. The summed E-state index contributed by atoms with van der Waals surface area (Å²) in [5, 5.41) is 3.96. The minimum Gasteiger partial charge on any atom is -0.274 e. The lowest BCUT2D eigenvalue weighted by Gasteiger charge is -2.09. The van der Waals surface area contributed by atoms with Crippen LogP contribution in [0.5, 0.6) is 0 Å². The number of likely N-dealkylation sites (N-methyl/N-ethyl adjacent to an activating group) is 1. The zero-order valence-electron chi connectivity index (χ0n) is 14.7. The van der Waals surface area contributed by atoms with Gasteiger partial charge in [0.25, 0.3) is 0 Å². The Morgan fingerprint density at radius 2 is 1.81 bits per heavy atom. The first kappa shape index (κ1) is 20.4. The van der Waals surface area contributed by atoms with Crippen LogP contribution in [-0.2, 0) is 16.6 Å². The van der Waals surface area contributed by atoms with Gasteiger partial charge in [-0.1, -0.05) is 29.8 Å². The van der Waals surface area contributed by atoms with E-state index in [1.54, 1.807) is 0 Å². The Bertz CT molecular complexity index is 884. The molecule has 8 heteroatoms. The number of halogens is 2. The number of rotatable bonds is 7. The smallest absolute Gasteiger partial charge is 0.241 e. The van der Waals surface area contributed by atoms with Gasteiger partial charge in [-0.05, 0) is 30.3 Å². The molecule has 0 saturated carbocycles. The number of hydrogen-bond donors (Lipinski definition) is 2. The first-order valence-corrected chi connectivity index (χ1v) is 9.93. The van der Waals surface area contributed by atoms with Crippen molar-refractivity contribution in [2.45, 2.75) is 18.4 Å². The van der Waals surface area contributed by atoms with Gasteiger partial charge in [0, 0.05) is 24.1 Å². The van der Waals surface area contributed by atoms with Crippen LogP contribution in [0.2, 0.25) is 5.02 Å². The van der Waals surface area contributed by atoms with Crippen molar-refractivity contribution in [1.29, 1.82) is 0 Å². The average Bonchev–Trinajstić information content (AvgIpc) is 2.61. The van der Waals surface area contributed by atoms with Gasteiger partial charge in [-0.25, -0.2) is 17.5 Å². The molecule has 0 aromatic heterocycles. The molecule has 0 heterocycles.